The molecule has 1 atom stereocenters. The van der Waals surface area contributed by atoms with E-state index >= 15 is 0 Å². The Morgan fingerprint density at radius 3 is 2.90 bits per heavy atom. The molecule has 2 aromatic heterocycles. The Morgan fingerprint density at radius 1 is 1.33 bits per heavy atom. The van der Waals surface area contributed by atoms with E-state index < -0.39 is 10.2 Å². The number of hydrogen-bond donors (Lipinski definition) is 0. The van der Waals surface area contributed by atoms with E-state index in [0.29, 0.717) is 13.1 Å². The van der Waals surface area contributed by atoms with E-state index in [9.17, 15) is 8.42 Å². The second kappa shape index (κ2) is 5.40. The lowest BCUT2D eigenvalue weighted by Crippen LogP contribution is -2.45. The van der Waals surface area contributed by atoms with Gasteiger partial charge in [-0.25, -0.2) is 4.98 Å². The molecule has 1 aliphatic rings. The highest BCUT2D eigenvalue weighted by molar-refractivity contribution is 7.86. The number of hydrogen-bond acceptors (Lipinski definition) is 3. The van der Waals surface area contributed by atoms with Crippen molar-refractivity contribution in [3.8, 4) is 0 Å². The molecule has 0 aromatic carbocycles. The largest absolute Gasteiger partial charge is 0.304 e. The SMILES string of the molecule is CN(C)S(=O)(=O)N1CCCC(c2cccc3nccn23)C1. The van der Waals surface area contributed by atoms with Gasteiger partial charge in [-0.1, -0.05) is 6.07 Å². The zero-order valence-corrected chi connectivity index (χ0v) is 13.1. The summed E-state index contributed by atoms with van der Waals surface area (Å²) in [5, 5.41) is 0. The molecule has 1 saturated heterocycles. The summed E-state index contributed by atoms with van der Waals surface area (Å²) in [6, 6.07) is 6.00. The smallest absolute Gasteiger partial charge is 0.281 e. The van der Waals surface area contributed by atoms with Gasteiger partial charge in [-0.3, -0.25) is 0 Å². The number of nitrogens with zero attached hydrogens (tertiary/aromatic N) is 4. The van der Waals surface area contributed by atoms with E-state index in [1.165, 1.54) is 4.31 Å². The lowest BCUT2D eigenvalue weighted by molar-refractivity contribution is 0.295. The Labute approximate surface area is 125 Å². The Morgan fingerprint density at radius 2 is 2.14 bits per heavy atom. The van der Waals surface area contributed by atoms with Gasteiger partial charge in [-0.2, -0.15) is 17.0 Å². The predicted molar refractivity (Wildman–Crippen MR) is 81.3 cm³/mol. The molecule has 7 heteroatoms. The van der Waals surface area contributed by atoms with Gasteiger partial charge in [0.25, 0.3) is 10.2 Å². The molecule has 0 amide bonds. The van der Waals surface area contributed by atoms with Gasteiger partial charge in [0.15, 0.2) is 0 Å². The van der Waals surface area contributed by atoms with Crippen LogP contribution in [-0.4, -0.2) is 53.6 Å². The van der Waals surface area contributed by atoms with Crippen LogP contribution in [0.2, 0.25) is 0 Å². The molecule has 1 unspecified atom stereocenters. The molecule has 1 fully saturated rings. The summed E-state index contributed by atoms with van der Waals surface area (Å²) in [5.41, 5.74) is 2.03. The van der Waals surface area contributed by atoms with Crippen molar-refractivity contribution in [2.24, 2.45) is 0 Å². The maximum atomic E-state index is 12.3. The fraction of sp³-hybridized carbons (Fsp3) is 0.500. The van der Waals surface area contributed by atoms with Crippen molar-refractivity contribution in [1.82, 2.24) is 18.0 Å². The highest BCUT2D eigenvalue weighted by atomic mass is 32.2. The lowest BCUT2D eigenvalue weighted by atomic mass is 9.95. The van der Waals surface area contributed by atoms with Gasteiger partial charge in [0, 0.05) is 51.2 Å². The molecule has 0 radical (unpaired) electrons. The first-order valence-electron chi connectivity index (χ1n) is 7.10. The normalized spacial score (nSPS) is 21.2. The van der Waals surface area contributed by atoms with Gasteiger partial charge in [-0.05, 0) is 25.0 Å². The summed E-state index contributed by atoms with van der Waals surface area (Å²) in [5.74, 6) is 0.200. The number of rotatable bonds is 3. The summed E-state index contributed by atoms with van der Waals surface area (Å²) >= 11 is 0. The van der Waals surface area contributed by atoms with E-state index in [2.05, 4.69) is 15.5 Å². The van der Waals surface area contributed by atoms with Crippen LogP contribution in [0.25, 0.3) is 5.65 Å². The van der Waals surface area contributed by atoms with Crippen molar-refractivity contribution < 1.29 is 8.42 Å². The third-order valence-corrected chi connectivity index (χ3v) is 5.96. The van der Waals surface area contributed by atoms with E-state index in [1.54, 1.807) is 24.6 Å². The fourth-order valence-electron chi connectivity index (χ4n) is 2.93. The van der Waals surface area contributed by atoms with Crippen molar-refractivity contribution in [3.63, 3.8) is 0 Å². The monoisotopic (exact) mass is 308 g/mol. The van der Waals surface area contributed by atoms with Crippen molar-refractivity contribution in [1.29, 1.82) is 0 Å². The molecule has 0 N–H and O–H groups in total. The second-order valence-electron chi connectivity index (χ2n) is 5.59. The van der Waals surface area contributed by atoms with E-state index in [4.69, 9.17) is 0 Å². The average molecular weight is 308 g/mol. The summed E-state index contributed by atoms with van der Waals surface area (Å²) in [6.07, 6.45) is 5.58. The van der Waals surface area contributed by atoms with Crippen LogP contribution in [0.3, 0.4) is 0 Å². The highest BCUT2D eigenvalue weighted by Crippen LogP contribution is 2.29. The molecular weight excluding hydrogens is 288 g/mol. The molecule has 6 nitrogen and oxygen atoms in total. The summed E-state index contributed by atoms with van der Waals surface area (Å²) < 4.78 is 29.5. The molecule has 2 aromatic rings. The van der Waals surface area contributed by atoms with E-state index in [0.717, 1.165) is 24.2 Å². The van der Waals surface area contributed by atoms with Gasteiger partial charge in [0.1, 0.15) is 5.65 Å². The van der Waals surface area contributed by atoms with Crippen LogP contribution in [0, 0.1) is 0 Å². The van der Waals surface area contributed by atoms with Gasteiger partial charge >= 0.3 is 0 Å². The summed E-state index contributed by atoms with van der Waals surface area (Å²) in [4.78, 5) is 4.29. The predicted octanol–water partition coefficient (Wildman–Crippen LogP) is 1.32. The number of fused-ring (bicyclic) bond motifs is 1. The number of imidazole rings is 1. The Bertz CT molecular complexity index is 738. The molecule has 0 bridgehead atoms. The second-order valence-corrected chi connectivity index (χ2v) is 7.74. The molecule has 3 rings (SSSR count). The third kappa shape index (κ3) is 2.56. The maximum Gasteiger partial charge on any atom is 0.281 e. The first-order valence-corrected chi connectivity index (χ1v) is 8.49. The Kier molecular flexibility index (Phi) is 3.73. The topological polar surface area (TPSA) is 57.9 Å². The minimum Gasteiger partial charge on any atom is -0.304 e. The standard InChI is InChI=1S/C14H20N4O2S/c1-16(2)21(19,20)17-9-4-5-12(11-17)13-6-3-7-14-15-8-10-18(13)14/h3,6-8,10,12H,4-5,9,11H2,1-2H3. The lowest BCUT2D eigenvalue weighted by Gasteiger charge is -2.33. The molecule has 0 spiro atoms. The van der Waals surface area contributed by atoms with E-state index in [1.807, 2.05) is 18.3 Å². The maximum absolute atomic E-state index is 12.3. The van der Waals surface area contributed by atoms with Crippen molar-refractivity contribution >= 4 is 15.9 Å². The van der Waals surface area contributed by atoms with Crippen LogP contribution in [0.5, 0.6) is 0 Å². The molecular formula is C14H20N4O2S. The highest BCUT2D eigenvalue weighted by Gasteiger charge is 2.31. The minimum atomic E-state index is -3.34. The molecule has 1 aliphatic heterocycles. The summed E-state index contributed by atoms with van der Waals surface area (Å²) in [6.45, 7) is 1.12. The fourth-order valence-corrected chi connectivity index (χ4v) is 4.12. The van der Waals surface area contributed by atoms with Gasteiger partial charge in [0.2, 0.25) is 0 Å². The molecule has 0 aliphatic carbocycles. The van der Waals surface area contributed by atoms with Crippen LogP contribution < -0.4 is 0 Å². The quantitative estimate of drug-likeness (QED) is 0.859. The first-order chi connectivity index (χ1) is 10.00. The molecule has 114 valence electrons. The third-order valence-electron chi connectivity index (χ3n) is 4.05. The van der Waals surface area contributed by atoms with Crippen LogP contribution in [0.1, 0.15) is 24.5 Å². The van der Waals surface area contributed by atoms with Crippen LogP contribution >= 0.6 is 0 Å². The van der Waals surface area contributed by atoms with Crippen molar-refractivity contribution in [2.45, 2.75) is 18.8 Å². The number of aromatic nitrogens is 2. The van der Waals surface area contributed by atoms with Crippen molar-refractivity contribution in [3.05, 3.63) is 36.3 Å². The Hall–Kier alpha value is -1.44. The van der Waals surface area contributed by atoms with Gasteiger partial charge < -0.3 is 4.40 Å². The number of piperidine rings is 1. The van der Waals surface area contributed by atoms with Crippen LogP contribution in [0.4, 0.5) is 0 Å². The number of pyridine rings is 1. The zero-order valence-electron chi connectivity index (χ0n) is 12.3. The molecule has 0 saturated carbocycles. The van der Waals surface area contributed by atoms with Crippen LogP contribution in [-0.2, 0) is 10.2 Å². The Balaban J connectivity index is 1.92. The van der Waals surface area contributed by atoms with Gasteiger partial charge in [0.05, 0.1) is 0 Å². The minimum absolute atomic E-state index is 0.200. The average Bonchev–Trinajstić information content (AvgIpc) is 2.95. The zero-order chi connectivity index (χ0) is 15.0. The molecule has 21 heavy (non-hydrogen) atoms. The van der Waals surface area contributed by atoms with Gasteiger partial charge in [-0.15, -0.1) is 0 Å². The summed E-state index contributed by atoms with van der Waals surface area (Å²) in [7, 11) is -0.181. The van der Waals surface area contributed by atoms with Crippen LogP contribution in [0.15, 0.2) is 30.6 Å². The first kappa shape index (κ1) is 14.5. The van der Waals surface area contributed by atoms with Crippen molar-refractivity contribution in [2.75, 3.05) is 27.2 Å². The van der Waals surface area contributed by atoms with E-state index in [-0.39, 0.29) is 5.92 Å². The molecule has 3 heterocycles.